The van der Waals surface area contributed by atoms with Gasteiger partial charge in [-0.3, -0.25) is 0 Å². The monoisotopic (exact) mass is 992 g/mol. The molecule has 0 bridgehead atoms. The SMILES string of the molecule is CC1(C)c2ccccc2C(c2ccc3c(c2)C(C)(C)c2cc(N4c5ccccc5C(C)(C)c5ccccc54)ccc2N3c2ccc(-c3c(-c4ccccc4)nn(-c4ccccc4)c3-c3ccccc3)cc2)c2ccccc21. The van der Waals surface area contributed by atoms with Crippen molar-refractivity contribution >= 4 is 34.1 Å². The van der Waals surface area contributed by atoms with Crippen LogP contribution in [0, 0.1) is 0 Å². The van der Waals surface area contributed by atoms with Gasteiger partial charge >= 0.3 is 0 Å². The smallest absolute Gasteiger partial charge is 0.101 e. The van der Waals surface area contributed by atoms with E-state index in [-0.39, 0.29) is 16.7 Å². The summed E-state index contributed by atoms with van der Waals surface area (Å²) in [5.74, 6) is 0.0797. The maximum atomic E-state index is 5.46. The minimum atomic E-state index is -0.393. The van der Waals surface area contributed by atoms with Crippen molar-refractivity contribution in [1.82, 2.24) is 9.78 Å². The molecule has 2 aliphatic heterocycles. The number of aromatic nitrogens is 2. The van der Waals surface area contributed by atoms with Gasteiger partial charge in [0.25, 0.3) is 0 Å². The van der Waals surface area contributed by atoms with E-state index in [1.54, 1.807) is 0 Å². The Labute approximate surface area is 453 Å². The lowest BCUT2D eigenvalue weighted by molar-refractivity contribution is 0.596. The van der Waals surface area contributed by atoms with Crippen LogP contribution in [-0.4, -0.2) is 9.78 Å². The van der Waals surface area contributed by atoms with E-state index in [1.165, 1.54) is 72.8 Å². The van der Waals surface area contributed by atoms with Crippen molar-refractivity contribution in [2.24, 2.45) is 0 Å². The fourth-order valence-corrected chi connectivity index (χ4v) is 13.5. The Kier molecular flexibility index (Phi) is 10.6. The van der Waals surface area contributed by atoms with Gasteiger partial charge in [-0.1, -0.05) is 230 Å². The fourth-order valence-electron chi connectivity index (χ4n) is 13.5. The molecule has 0 saturated heterocycles. The number of anilines is 6. The van der Waals surface area contributed by atoms with Gasteiger partial charge in [0.05, 0.1) is 34.1 Å². The van der Waals surface area contributed by atoms with Crippen molar-refractivity contribution in [3.63, 3.8) is 0 Å². The van der Waals surface area contributed by atoms with E-state index < -0.39 is 5.41 Å². The third-order valence-electron chi connectivity index (χ3n) is 17.3. The Morgan fingerprint density at radius 2 is 0.753 bits per heavy atom. The number of benzene rings is 10. The summed E-state index contributed by atoms with van der Waals surface area (Å²) < 4.78 is 2.12. The second-order valence-corrected chi connectivity index (χ2v) is 22.8. The van der Waals surface area contributed by atoms with Crippen LogP contribution in [0.1, 0.15) is 97.5 Å². The van der Waals surface area contributed by atoms with Gasteiger partial charge in [-0.25, -0.2) is 4.68 Å². The molecule has 0 radical (unpaired) electrons. The molecule has 0 amide bonds. The first-order chi connectivity index (χ1) is 37.5. The summed E-state index contributed by atoms with van der Waals surface area (Å²) in [5.41, 5.74) is 25.8. The van der Waals surface area contributed by atoms with E-state index in [2.05, 4.69) is 305 Å². The minimum absolute atomic E-state index is 0.0797. The Bertz CT molecular complexity index is 3810. The van der Waals surface area contributed by atoms with E-state index >= 15 is 0 Å². The van der Waals surface area contributed by atoms with E-state index in [1.807, 2.05) is 0 Å². The molecule has 1 aromatic heterocycles. The van der Waals surface area contributed by atoms with Crippen LogP contribution in [-0.2, 0) is 16.2 Å². The molecule has 0 unspecified atom stereocenters. The van der Waals surface area contributed by atoms with Gasteiger partial charge in [0.1, 0.15) is 5.69 Å². The van der Waals surface area contributed by atoms with Gasteiger partial charge in [0.15, 0.2) is 0 Å². The lowest BCUT2D eigenvalue weighted by atomic mass is 9.63. The first kappa shape index (κ1) is 46.5. The molecule has 0 N–H and O–H groups in total. The Balaban J connectivity index is 0.975. The predicted molar refractivity (Wildman–Crippen MR) is 319 cm³/mol. The van der Waals surface area contributed by atoms with E-state index in [9.17, 15) is 0 Å². The molecule has 4 heteroatoms. The Morgan fingerprint density at radius 3 is 1.35 bits per heavy atom. The van der Waals surface area contributed by atoms with Crippen LogP contribution in [0.5, 0.6) is 0 Å². The first-order valence-electron chi connectivity index (χ1n) is 27.2. The average Bonchev–Trinajstić information content (AvgIpc) is 4.04. The molecule has 0 atom stereocenters. The van der Waals surface area contributed by atoms with Crippen molar-refractivity contribution in [2.45, 2.75) is 63.7 Å². The largest absolute Gasteiger partial charge is 0.310 e. The standard InChI is InChI=1S/C73H60N4/c1-71(2)57-32-18-16-30-55(57)67(56-31-17-19-33-58(56)71)51-40-44-65-61(46-51)73(5,6)62-47-54(76-63-36-22-20-34-59(63)72(3,4)60-35-21-23-37-64(60)76)43-45-66(62)75(65)52-41-38-48(39-42-52)68-69(49-24-10-7-11-25-49)74-77(53-28-14-9-15-29-53)70(68)50-26-12-8-13-27-50/h7-47,67H,1-6H3. The number of hydrogen-bond donors (Lipinski definition) is 0. The quantitative estimate of drug-likeness (QED) is 0.159. The molecule has 372 valence electrons. The Hall–Kier alpha value is -8.99. The highest BCUT2D eigenvalue weighted by molar-refractivity contribution is 5.95. The fraction of sp³-hybridized carbons (Fsp3) is 0.137. The first-order valence-corrected chi connectivity index (χ1v) is 27.2. The molecule has 11 aromatic rings. The van der Waals surface area contributed by atoms with Gasteiger partial charge in [-0.2, -0.15) is 5.10 Å². The number of para-hydroxylation sites is 3. The molecule has 0 fully saturated rings. The summed E-state index contributed by atoms with van der Waals surface area (Å²) in [7, 11) is 0. The zero-order valence-corrected chi connectivity index (χ0v) is 44.5. The topological polar surface area (TPSA) is 24.3 Å². The van der Waals surface area contributed by atoms with Crippen molar-refractivity contribution in [1.29, 1.82) is 0 Å². The van der Waals surface area contributed by atoms with Crippen LogP contribution in [0.2, 0.25) is 0 Å². The highest BCUT2D eigenvalue weighted by atomic mass is 15.3. The van der Waals surface area contributed by atoms with Crippen LogP contribution in [0.4, 0.5) is 34.1 Å². The lowest BCUT2D eigenvalue weighted by Crippen LogP contribution is -2.33. The molecule has 3 heterocycles. The van der Waals surface area contributed by atoms with E-state index in [4.69, 9.17) is 5.10 Å². The van der Waals surface area contributed by atoms with Gasteiger partial charge in [0.2, 0.25) is 0 Å². The second kappa shape index (κ2) is 17.5. The number of hydrogen-bond acceptors (Lipinski definition) is 3. The molecule has 1 aliphatic carbocycles. The summed E-state index contributed by atoms with van der Waals surface area (Å²) in [5, 5.41) is 5.46. The van der Waals surface area contributed by atoms with E-state index in [0.29, 0.717) is 0 Å². The van der Waals surface area contributed by atoms with Gasteiger partial charge in [-0.05, 0) is 116 Å². The summed E-state index contributed by atoms with van der Waals surface area (Å²) in [4.78, 5) is 5.02. The summed E-state index contributed by atoms with van der Waals surface area (Å²) in [6.45, 7) is 14.4. The highest BCUT2D eigenvalue weighted by Crippen LogP contribution is 2.58. The molecule has 3 aliphatic rings. The molecule has 0 saturated carbocycles. The van der Waals surface area contributed by atoms with Crippen molar-refractivity contribution in [2.75, 3.05) is 9.80 Å². The average molecular weight is 993 g/mol. The van der Waals surface area contributed by atoms with Crippen LogP contribution in [0.3, 0.4) is 0 Å². The normalized spacial score (nSPS) is 15.4. The van der Waals surface area contributed by atoms with Gasteiger partial charge in [0, 0.05) is 50.2 Å². The summed E-state index contributed by atoms with van der Waals surface area (Å²) >= 11 is 0. The molecule has 14 rings (SSSR count). The lowest BCUT2D eigenvalue weighted by Gasteiger charge is -2.45. The molecular formula is C73H60N4. The van der Waals surface area contributed by atoms with E-state index in [0.717, 1.165) is 50.7 Å². The van der Waals surface area contributed by atoms with Crippen molar-refractivity contribution in [3.05, 3.63) is 299 Å². The number of rotatable bonds is 7. The van der Waals surface area contributed by atoms with Crippen LogP contribution in [0.25, 0.3) is 39.3 Å². The summed E-state index contributed by atoms with van der Waals surface area (Å²) in [6.07, 6.45) is 0. The molecule has 10 aromatic carbocycles. The predicted octanol–water partition coefficient (Wildman–Crippen LogP) is 18.9. The van der Waals surface area contributed by atoms with Crippen molar-refractivity contribution in [3.8, 4) is 39.3 Å². The molecule has 4 nitrogen and oxygen atoms in total. The zero-order chi connectivity index (χ0) is 52.2. The zero-order valence-electron chi connectivity index (χ0n) is 44.5. The number of fused-ring (bicyclic) bond motifs is 6. The van der Waals surface area contributed by atoms with Crippen LogP contribution >= 0.6 is 0 Å². The van der Waals surface area contributed by atoms with Crippen molar-refractivity contribution < 1.29 is 0 Å². The third kappa shape index (κ3) is 7.15. The minimum Gasteiger partial charge on any atom is -0.310 e. The van der Waals surface area contributed by atoms with Gasteiger partial charge in [-0.15, -0.1) is 0 Å². The number of nitrogens with zero attached hydrogens (tertiary/aromatic N) is 4. The molecule has 77 heavy (non-hydrogen) atoms. The highest BCUT2D eigenvalue weighted by Gasteiger charge is 2.43. The molecule has 0 spiro atoms. The third-order valence-corrected chi connectivity index (χ3v) is 17.3. The second-order valence-electron chi connectivity index (χ2n) is 22.8. The summed E-state index contributed by atoms with van der Waals surface area (Å²) in [6, 6.07) is 91.9. The van der Waals surface area contributed by atoms with Gasteiger partial charge < -0.3 is 9.80 Å². The Morgan fingerprint density at radius 1 is 0.325 bits per heavy atom. The maximum absolute atomic E-state index is 5.46. The van der Waals surface area contributed by atoms with Crippen LogP contribution in [0.15, 0.2) is 249 Å². The van der Waals surface area contributed by atoms with Crippen LogP contribution < -0.4 is 9.80 Å². The maximum Gasteiger partial charge on any atom is 0.101 e. The molecular weight excluding hydrogens is 933 g/mol.